The summed E-state index contributed by atoms with van der Waals surface area (Å²) in [6.07, 6.45) is 1.52. The maximum atomic E-state index is 13.7. The maximum Gasteiger partial charge on any atom is 0.243 e. The van der Waals surface area contributed by atoms with Gasteiger partial charge < -0.3 is 0 Å². The van der Waals surface area contributed by atoms with Gasteiger partial charge >= 0.3 is 0 Å². The second kappa shape index (κ2) is 5.53. The Morgan fingerprint density at radius 1 is 1.24 bits per heavy atom. The van der Waals surface area contributed by atoms with Gasteiger partial charge in [-0.25, -0.2) is 21.9 Å². The summed E-state index contributed by atoms with van der Waals surface area (Å²) < 4.78 is 55.1. The fourth-order valence-electron chi connectivity index (χ4n) is 1.80. The number of benzene rings is 1. The predicted molar refractivity (Wildman–Crippen MR) is 73.1 cm³/mol. The summed E-state index contributed by atoms with van der Waals surface area (Å²) in [5.41, 5.74) is 1.50. The van der Waals surface area contributed by atoms with Crippen LogP contribution in [-0.4, -0.2) is 18.2 Å². The molecule has 1 heterocycles. The molecule has 114 valence electrons. The minimum absolute atomic E-state index is 0.0447. The maximum absolute atomic E-state index is 13.7. The van der Waals surface area contributed by atoms with Gasteiger partial charge in [-0.3, -0.25) is 4.68 Å². The van der Waals surface area contributed by atoms with Crippen LogP contribution < -0.4 is 4.72 Å². The largest absolute Gasteiger partial charge is 0.273 e. The Morgan fingerprint density at radius 2 is 1.90 bits per heavy atom. The molecule has 1 N–H and O–H groups in total. The monoisotopic (exact) mass is 315 g/mol. The first-order valence-electron chi connectivity index (χ1n) is 6.15. The summed E-state index contributed by atoms with van der Waals surface area (Å²) in [4.78, 5) is -0.702. The van der Waals surface area contributed by atoms with Crippen molar-refractivity contribution in [3.63, 3.8) is 0 Å². The number of sulfonamides is 1. The van der Waals surface area contributed by atoms with E-state index in [4.69, 9.17) is 0 Å². The number of halogens is 2. The van der Waals surface area contributed by atoms with Crippen molar-refractivity contribution in [3.8, 4) is 0 Å². The van der Waals surface area contributed by atoms with Crippen molar-refractivity contribution in [2.24, 2.45) is 7.05 Å². The van der Waals surface area contributed by atoms with Crippen molar-refractivity contribution in [2.45, 2.75) is 25.3 Å². The lowest BCUT2D eigenvalue weighted by atomic mass is 10.2. The lowest BCUT2D eigenvalue weighted by Gasteiger charge is -2.09. The fraction of sp³-hybridized carbons (Fsp3) is 0.308. The van der Waals surface area contributed by atoms with Crippen molar-refractivity contribution in [3.05, 3.63) is 46.8 Å². The standard InChI is InChI=1S/C13H15F2N3O2S/c1-8-4-12(15)13(5-11(8)14)21(19,20)17-7-10-6-16-18(3)9(10)2/h4-6,17H,7H2,1-3H3. The zero-order chi connectivity index (χ0) is 15.8. The zero-order valence-corrected chi connectivity index (χ0v) is 12.6. The van der Waals surface area contributed by atoms with Gasteiger partial charge in [-0.15, -0.1) is 0 Å². The number of aromatic nitrogens is 2. The SMILES string of the molecule is Cc1cc(F)c(S(=O)(=O)NCc2cnn(C)c2C)cc1F. The minimum Gasteiger partial charge on any atom is -0.273 e. The molecule has 0 saturated carbocycles. The van der Waals surface area contributed by atoms with Gasteiger partial charge in [0.05, 0.1) is 6.20 Å². The molecular weight excluding hydrogens is 300 g/mol. The zero-order valence-electron chi connectivity index (χ0n) is 11.8. The van der Waals surface area contributed by atoms with Crippen LogP contribution in [0.3, 0.4) is 0 Å². The van der Waals surface area contributed by atoms with E-state index in [0.29, 0.717) is 11.6 Å². The average Bonchev–Trinajstić information content (AvgIpc) is 2.72. The highest BCUT2D eigenvalue weighted by molar-refractivity contribution is 7.89. The van der Waals surface area contributed by atoms with Crippen LogP contribution in [0.1, 0.15) is 16.8 Å². The third kappa shape index (κ3) is 3.11. The number of hydrogen-bond acceptors (Lipinski definition) is 3. The number of rotatable bonds is 4. The number of nitrogens with zero attached hydrogens (tertiary/aromatic N) is 2. The molecule has 8 heteroatoms. The van der Waals surface area contributed by atoms with Gasteiger partial charge in [0.15, 0.2) is 0 Å². The summed E-state index contributed by atoms with van der Waals surface area (Å²) in [6, 6.07) is 1.54. The van der Waals surface area contributed by atoms with E-state index in [1.54, 1.807) is 18.7 Å². The van der Waals surface area contributed by atoms with Crippen molar-refractivity contribution in [2.75, 3.05) is 0 Å². The summed E-state index contributed by atoms with van der Waals surface area (Å²) >= 11 is 0. The third-order valence-electron chi connectivity index (χ3n) is 3.29. The van der Waals surface area contributed by atoms with Gasteiger partial charge in [0.1, 0.15) is 16.5 Å². The van der Waals surface area contributed by atoms with Crippen molar-refractivity contribution >= 4 is 10.0 Å². The molecular formula is C13H15F2N3O2S. The van der Waals surface area contributed by atoms with Crippen LogP contribution in [0.5, 0.6) is 0 Å². The van der Waals surface area contributed by atoms with Crippen LogP contribution in [0, 0.1) is 25.5 Å². The van der Waals surface area contributed by atoms with Gasteiger partial charge in [0.25, 0.3) is 0 Å². The van der Waals surface area contributed by atoms with E-state index >= 15 is 0 Å². The van der Waals surface area contributed by atoms with Crippen LogP contribution in [0.4, 0.5) is 8.78 Å². The van der Waals surface area contributed by atoms with Crippen LogP contribution in [0.2, 0.25) is 0 Å². The highest BCUT2D eigenvalue weighted by Crippen LogP contribution is 2.19. The Bertz CT molecular complexity index is 785. The Balaban J connectivity index is 2.27. The quantitative estimate of drug-likeness (QED) is 0.935. The van der Waals surface area contributed by atoms with E-state index in [1.165, 1.54) is 13.1 Å². The molecule has 0 saturated heterocycles. The smallest absolute Gasteiger partial charge is 0.243 e. The normalized spacial score (nSPS) is 11.9. The molecule has 5 nitrogen and oxygen atoms in total. The molecule has 1 aromatic heterocycles. The van der Waals surface area contributed by atoms with Gasteiger partial charge in [-0.1, -0.05) is 0 Å². The van der Waals surface area contributed by atoms with E-state index in [0.717, 1.165) is 11.8 Å². The Kier molecular flexibility index (Phi) is 4.11. The lowest BCUT2D eigenvalue weighted by Crippen LogP contribution is -2.24. The van der Waals surface area contributed by atoms with Gasteiger partial charge in [-0.05, 0) is 31.5 Å². The van der Waals surface area contributed by atoms with Gasteiger partial charge in [0.2, 0.25) is 10.0 Å². The molecule has 0 aliphatic rings. The minimum atomic E-state index is -4.14. The first-order chi connectivity index (χ1) is 9.72. The predicted octanol–water partition coefficient (Wildman–Crippen LogP) is 1.79. The molecule has 0 spiro atoms. The highest BCUT2D eigenvalue weighted by Gasteiger charge is 2.21. The van der Waals surface area contributed by atoms with Crippen LogP contribution in [-0.2, 0) is 23.6 Å². The molecule has 2 aromatic rings. The number of hydrogen-bond donors (Lipinski definition) is 1. The summed E-state index contributed by atoms with van der Waals surface area (Å²) in [5.74, 6) is -1.75. The van der Waals surface area contributed by atoms with Crippen LogP contribution in [0.15, 0.2) is 23.2 Å². The fourth-order valence-corrected chi connectivity index (χ4v) is 2.88. The number of nitrogens with one attached hydrogen (secondary N) is 1. The molecule has 0 aliphatic heterocycles. The first kappa shape index (κ1) is 15.6. The van der Waals surface area contributed by atoms with E-state index in [1.807, 2.05) is 0 Å². The second-order valence-corrected chi connectivity index (χ2v) is 6.47. The van der Waals surface area contributed by atoms with Crippen molar-refractivity contribution in [1.82, 2.24) is 14.5 Å². The molecule has 0 fully saturated rings. The van der Waals surface area contributed by atoms with Crippen LogP contribution >= 0.6 is 0 Å². The first-order valence-corrected chi connectivity index (χ1v) is 7.63. The lowest BCUT2D eigenvalue weighted by molar-refractivity contribution is 0.542. The van der Waals surface area contributed by atoms with Crippen molar-refractivity contribution < 1.29 is 17.2 Å². The molecule has 0 amide bonds. The molecule has 0 radical (unpaired) electrons. The summed E-state index contributed by atoms with van der Waals surface area (Å²) in [5, 5.41) is 3.98. The summed E-state index contributed by atoms with van der Waals surface area (Å²) in [7, 11) is -2.41. The van der Waals surface area contributed by atoms with E-state index in [-0.39, 0.29) is 12.1 Å². The van der Waals surface area contributed by atoms with Gasteiger partial charge in [0, 0.05) is 24.8 Å². The summed E-state index contributed by atoms with van der Waals surface area (Å²) in [6.45, 7) is 3.10. The van der Waals surface area contributed by atoms with E-state index in [9.17, 15) is 17.2 Å². The third-order valence-corrected chi connectivity index (χ3v) is 4.71. The highest BCUT2D eigenvalue weighted by atomic mass is 32.2. The Hall–Kier alpha value is -1.80. The second-order valence-electron chi connectivity index (χ2n) is 4.74. The molecule has 0 atom stereocenters. The van der Waals surface area contributed by atoms with Crippen molar-refractivity contribution in [1.29, 1.82) is 0 Å². The molecule has 0 bridgehead atoms. The van der Waals surface area contributed by atoms with E-state index in [2.05, 4.69) is 9.82 Å². The average molecular weight is 315 g/mol. The Labute approximate surface area is 121 Å². The molecule has 21 heavy (non-hydrogen) atoms. The Morgan fingerprint density at radius 3 is 2.48 bits per heavy atom. The molecule has 0 aliphatic carbocycles. The molecule has 0 unspecified atom stereocenters. The molecule has 1 aromatic carbocycles. The van der Waals surface area contributed by atoms with Crippen LogP contribution in [0.25, 0.3) is 0 Å². The van der Waals surface area contributed by atoms with Gasteiger partial charge in [-0.2, -0.15) is 5.10 Å². The molecule has 2 rings (SSSR count). The number of aryl methyl sites for hydroxylation is 2. The van der Waals surface area contributed by atoms with E-state index < -0.39 is 26.6 Å². The topological polar surface area (TPSA) is 64.0 Å².